The maximum atomic E-state index is 9.06. The Labute approximate surface area is 67.8 Å². The highest BCUT2D eigenvalue weighted by Crippen LogP contribution is 2.11. The lowest BCUT2D eigenvalue weighted by molar-refractivity contribution is 0.154. The van der Waals surface area contributed by atoms with Gasteiger partial charge in [-0.05, 0) is 22.9 Å². The van der Waals surface area contributed by atoms with E-state index in [1.54, 1.807) is 18.2 Å². The van der Waals surface area contributed by atoms with E-state index in [2.05, 4.69) is 10.3 Å². The van der Waals surface area contributed by atoms with Crippen molar-refractivity contribution in [2.45, 2.75) is 6.61 Å². The van der Waals surface area contributed by atoms with Crippen LogP contribution in [0.2, 0.25) is 0 Å². The van der Waals surface area contributed by atoms with E-state index in [0.717, 1.165) is 5.56 Å². The summed E-state index contributed by atoms with van der Waals surface area (Å²) in [7, 11) is 0. The predicted octanol–water partition coefficient (Wildman–Crippen LogP) is 0.161. The van der Waals surface area contributed by atoms with E-state index in [1.807, 2.05) is 0 Å². The number of fused-ring (bicyclic) bond motifs is 1. The Morgan fingerprint density at radius 3 is 3.00 bits per heavy atom. The van der Waals surface area contributed by atoms with Gasteiger partial charge in [-0.3, -0.25) is 0 Å². The summed E-state index contributed by atoms with van der Waals surface area (Å²) in [5.41, 5.74) is 1.86. The van der Waals surface area contributed by atoms with Gasteiger partial charge in [0.1, 0.15) is 11.0 Å². The Morgan fingerprint density at radius 2 is 2.25 bits per heavy atom. The number of aliphatic hydroxyl groups is 1. The van der Waals surface area contributed by atoms with Crippen LogP contribution in [0.4, 0.5) is 0 Å². The Balaban J connectivity index is 2.69. The molecule has 0 unspecified atom stereocenters. The Kier molecular flexibility index (Phi) is 1.44. The van der Waals surface area contributed by atoms with Gasteiger partial charge in [0.2, 0.25) is 0 Å². The van der Waals surface area contributed by atoms with Gasteiger partial charge in [-0.15, -0.1) is 5.10 Å². The third-order valence-corrected chi connectivity index (χ3v) is 1.68. The second kappa shape index (κ2) is 2.46. The van der Waals surface area contributed by atoms with Gasteiger partial charge in [0.25, 0.3) is 0 Å². The van der Waals surface area contributed by atoms with Crippen LogP contribution in [0.3, 0.4) is 0 Å². The number of aromatic nitrogens is 3. The average Bonchev–Trinajstić information content (AvgIpc) is 2.47. The molecule has 0 radical (unpaired) electrons. The van der Waals surface area contributed by atoms with Gasteiger partial charge in [-0.25, -0.2) is 0 Å². The zero-order chi connectivity index (χ0) is 8.55. The van der Waals surface area contributed by atoms with Crippen molar-refractivity contribution in [3.8, 4) is 0 Å². The smallest absolute Gasteiger partial charge is 0.130 e. The van der Waals surface area contributed by atoms with Gasteiger partial charge in [0.15, 0.2) is 0 Å². The first-order valence-electron chi connectivity index (χ1n) is 3.46. The first-order chi connectivity index (χ1) is 5.81. The second-order valence-electron chi connectivity index (χ2n) is 2.46. The monoisotopic (exact) mass is 165 g/mol. The molecule has 0 bridgehead atoms. The maximum absolute atomic E-state index is 9.06. The van der Waals surface area contributed by atoms with Crippen LogP contribution in [0.25, 0.3) is 11.0 Å². The molecule has 0 fully saturated rings. The minimum atomic E-state index is -0.0335. The van der Waals surface area contributed by atoms with Gasteiger partial charge in [-0.1, -0.05) is 10.9 Å². The van der Waals surface area contributed by atoms with E-state index in [-0.39, 0.29) is 6.61 Å². The third kappa shape index (κ3) is 0.911. The molecule has 0 saturated carbocycles. The standard InChI is InChI=1S/C7H7N3O2/c11-4-5-1-2-7-6(3-5)8-9-10(7)12/h1-3,11-12H,4H2. The quantitative estimate of drug-likeness (QED) is 0.590. The van der Waals surface area contributed by atoms with Gasteiger partial charge in [-0.2, -0.15) is 0 Å². The number of rotatable bonds is 1. The molecule has 0 atom stereocenters. The summed E-state index contributed by atoms with van der Waals surface area (Å²) in [5, 5.41) is 24.9. The van der Waals surface area contributed by atoms with E-state index in [1.165, 1.54) is 0 Å². The average molecular weight is 165 g/mol. The van der Waals surface area contributed by atoms with Crippen molar-refractivity contribution >= 4 is 11.0 Å². The van der Waals surface area contributed by atoms with Crippen LogP contribution >= 0.6 is 0 Å². The molecule has 0 spiro atoms. The van der Waals surface area contributed by atoms with Crippen molar-refractivity contribution in [2.24, 2.45) is 0 Å². The second-order valence-corrected chi connectivity index (χ2v) is 2.46. The molecule has 1 heterocycles. The molecule has 0 amide bonds. The number of hydrogen-bond donors (Lipinski definition) is 2. The van der Waals surface area contributed by atoms with Crippen LogP contribution < -0.4 is 0 Å². The lowest BCUT2D eigenvalue weighted by Crippen LogP contribution is -1.91. The van der Waals surface area contributed by atoms with Crippen molar-refractivity contribution < 1.29 is 10.3 Å². The summed E-state index contributed by atoms with van der Waals surface area (Å²) >= 11 is 0. The van der Waals surface area contributed by atoms with Crippen LogP contribution in [-0.4, -0.2) is 25.5 Å². The fraction of sp³-hybridized carbons (Fsp3) is 0.143. The Bertz CT molecular complexity index is 410. The van der Waals surface area contributed by atoms with Gasteiger partial charge < -0.3 is 10.3 Å². The molecule has 5 nitrogen and oxygen atoms in total. The van der Waals surface area contributed by atoms with Crippen LogP contribution in [0.1, 0.15) is 5.56 Å². The van der Waals surface area contributed by atoms with Crippen LogP contribution in [0.5, 0.6) is 0 Å². The summed E-state index contributed by atoms with van der Waals surface area (Å²) in [5.74, 6) is 0. The minimum Gasteiger partial charge on any atom is -0.410 e. The van der Waals surface area contributed by atoms with Crippen LogP contribution in [0.15, 0.2) is 18.2 Å². The van der Waals surface area contributed by atoms with Crippen LogP contribution in [-0.2, 0) is 6.61 Å². The first-order valence-corrected chi connectivity index (χ1v) is 3.46. The van der Waals surface area contributed by atoms with Crippen molar-refractivity contribution in [3.05, 3.63) is 23.8 Å². The molecule has 0 aliphatic carbocycles. The van der Waals surface area contributed by atoms with E-state index in [0.29, 0.717) is 15.9 Å². The van der Waals surface area contributed by atoms with Gasteiger partial charge >= 0.3 is 0 Å². The highest BCUT2D eigenvalue weighted by Gasteiger charge is 2.02. The van der Waals surface area contributed by atoms with Gasteiger partial charge in [0.05, 0.1) is 6.61 Å². The lowest BCUT2D eigenvalue weighted by Gasteiger charge is -1.93. The summed E-state index contributed by atoms with van der Waals surface area (Å²) in [6.45, 7) is -0.0335. The molecule has 1 aromatic heterocycles. The van der Waals surface area contributed by atoms with Crippen molar-refractivity contribution in [2.75, 3.05) is 0 Å². The molecular formula is C7H7N3O2. The third-order valence-electron chi connectivity index (χ3n) is 1.68. The van der Waals surface area contributed by atoms with E-state index in [4.69, 9.17) is 10.3 Å². The van der Waals surface area contributed by atoms with E-state index >= 15 is 0 Å². The summed E-state index contributed by atoms with van der Waals surface area (Å²) in [4.78, 5) is 0.705. The first kappa shape index (κ1) is 7.05. The molecular weight excluding hydrogens is 158 g/mol. The number of nitrogens with zero attached hydrogens (tertiary/aromatic N) is 3. The zero-order valence-electron chi connectivity index (χ0n) is 6.18. The number of aliphatic hydroxyl groups excluding tert-OH is 1. The Hall–Kier alpha value is -1.62. The molecule has 0 aliphatic rings. The molecule has 2 N–H and O–H groups in total. The van der Waals surface area contributed by atoms with Crippen molar-refractivity contribution in [1.29, 1.82) is 0 Å². The normalized spacial score (nSPS) is 10.8. The van der Waals surface area contributed by atoms with Gasteiger partial charge in [0, 0.05) is 0 Å². The highest BCUT2D eigenvalue weighted by atomic mass is 16.5. The molecule has 5 heteroatoms. The molecule has 1 aromatic carbocycles. The largest absolute Gasteiger partial charge is 0.410 e. The fourth-order valence-electron chi connectivity index (χ4n) is 1.06. The molecule has 2 rings (SSSR count). The zero-order valence-corrected chi connectivity index (χ0v) is 6.18. The maximum Gasteiger partial charge on any atom is 0.130 e. The summed E-state index contributed by atoms with van der Waals surface area (Å²) in [6, 6.07) is 5.04. The number of hydrogen-bond acceptors (Lipinski definition) is 4. The van der Waals surface area contributed by atoms with E-state index in [9.17, 15) is 0 Å². The van der Waals surface area contributed by atoms with Crippen molar-refractivity contribution in [1.82, 2.24) is 15.2 Å². The summed E-state index contributed by atoms with van der Waals surface area (Å²) in [6.07, 6.45) is 0. The fourth-order valence-corrected chi connectivity index (χ4v) is 1.06. The highest BCUT2D eigenvalue weighted by molar-refractivity contribution is 5.74. The molecule has 62 valence electrons. The lowest BCUT2D eigenvalue weighted by atomic mass is 10.2. The van der Waals surface area contributed by atoms with E-state index < -0.39 is 0 Å². The minimum absolute atomic E-state index is 0.0335. The molecule has 0 saturated heterocycles. The topological polar surface area (TPSA) is 71.2 Å². The summed E-state index contributed by atoms with van der Waals surface area (Å²) < 4.78 is 0. The predicted molar refractivity (Wildman–Crippen MR) is 40.6 cm³/mol. The van der Waals surface area contributed by atoms with Crippen molar-refractivity contribution in [3.63, 3.8) is 0 Å². The molecule has 12 heavy (non-hydrogen) atoms. The SMILES string of the molecule is OCc1ccc2c(c1)nnn2O. The molecule has 0 aliphatic heterocycles. The Morgan fingerprint density at radius 1 is 1.42 bits per heavy atom. The van der Waals surface area contributed by atoms with Crippen LogP contribution in [0, 0.1) is 0 Å². The number of benzene rings is 1. The molecule has 2 aromatic rings.